The molecule has 0 saturated carbocycles. The van der Waals surface area contributed by atoms with E-state index in [2.05, 4.69) is 36.6 Å². The van der Waals surface area contributed by atoms with E-state index in [1.165, 1.54) is 6.07 Å². The number of sulfonamides is 1. The quantitative estimate of drug-likeness (QED) is 0.815. The first-order valence-electron chi connectivity index (χ1n) is 4.99. The van der Waals surface area contributed by atoms with Crippen molar-refractivity contribution in [1.82, 2.24) is 4.72 Å². The van der Waals surface area contributed by atoms with Crippen molar-refractivity contribution in [3.8, 4) is 0 Å². The smallest absolute Gasteiger partial charge is 0.242 e. The molecule has 0 aliphatic rings. The van der Waals surface area contributed by atoms with E-state index in [9.17, 15) is 8.42 Å². The molecule has 0 unspecified atom stereocenters. The Kier molecular flexibility index (Phi) is 5.59. The lowest BCUT2D eigenvalue weighted by atomic mass is 10.3. The first kappa shape index (κ1) is 15.1. The second kappa shape index (κ2) is 6.29. The van der Waals surface area contributed by atoms with Crippen LogP contribution in [0.2, 0.25) is 0 Å². The molecule has 0 aromatic heterocycles. The molecule has 7 heteroatoms. The summed E-state index contributed by atoms with van der Waals surface area (Å²) in [6.07, 6.45) is 0.532. The van der Waals surface area contributed by atoms with Crippen molar-refractivity contribution in [3.05, 3.63) is 27.1 Å². The van der Waals surface area contributed by atoms with Gasteiger partial charge in [0.2, 0.25) is 10.0 Å². The molecule has 0 radical (unpaired) electrons. The Morgan fingerprint density at radius 3 is 2.53 bits per heavy atom. The Morgan fingerprint density at radius 1 is 1.41 bits per heavy atom. The van der Waals surface area contributed by atoms with Crippen molar-refractivity contribution in [3.63, 3.8) is 0 Å². The lowest BCUT2D eigenvalue weighted by Gasteiger charge is -2.15. The van der Waals surface area contributed by atoms with Crippen LogP contribution in [0.1, 0.15) is 13.3 Å². The minimum atomic E-state index is -3.61. The summed E-state index contributed by atoms with van der Waals surface area (Å²) in [6.45, 7) is 1.59. The molecular weight excluding hydrogens is 374 g/mol. The maximum atomic E-state index is 12.0. The van der Waals surface area contributed by atoms with E-state index >= 15 is 0 Å². The highest BCUT2D eigenvalue weighted by atomic mass is 79.9. The summed E-state index contributed by atoms with van der Waals surface area (Å²) in [6, 6.07) is 4.35. The minimum absolute atomic E-state index is 0.160. The van der Waals surface area contributed by atoms with Gasteiger partial charge in [0.25, 0.3) is 0 Å². The number of hydrogen-bond donors (Lipinski definition) is 2. The molecule has 1 aromatic rings. The summed E-state index contributed by atoms with van der Waals surface area (Å²) in [4.78, 5) is 0.160. The van der Waals surface area contributed by atoms with Crippen molar-refractivity contribution in [1.29, 1.82) is 0 Å². The molecule has 1 rings (SSSR count). The van der Waals surface area contributed by atoms with Crippen LogP contribution in [0.3, 0.4) is 0 Å². The van der Waals surface area contributed by atoms with E-state index in [0.29, 0.717) is 10.9 Å². The number of hydrogen-bond acceptors (Lipinski definition) is 3. The van der Waals surface area contributed by atoms with E-state index < -0.39 is 16.1 Å². The van der Waals surface area contributed by atoms with Gasteiger partial charge in [-0.25, -0.2) is 13.1 Å². The molecule has 0 spiro atoms. The average molecular weight is 387 g/mol. The van der Waals surface area contributed by atoms with Crippen LogP contribution < -0.4 is 4.72 Å². The van der Waals surface area contributed by atoms with Crippen molar-refractivity contribution in [2.75, 3.05) is 6.61 Å². The number of aliphatic hydroxyl groups excluding tert-OH is 1. The second-order valence-corrected chi connectivity index (χ2v) is 6.94. The molecular formula is C10H13Br2NO3S. The maximum absolute atomic E-state index is 12.0. The monoisotopic (exact) mass is 385 g/mol. The molecule has 0 bridgehead atoms. The summed E-state index contributed by atoms with van der Waals surface area (Å²) < 4.78 is 27.8. The standard InChI is InChI=1S/C10H13Br2NO3S/c1-2-8(6-14)13-17(15,16)10-4-3-7(11)5-9(10)12/h3-5,8,13-14H,2,6H2,1H3/t8-/m1/s1. The molecule has 0 amide bonds. The maximum Gasteiger partial charge on any atom is 0.242 e. The fourth-order valence-electron chi connectivity index (χ4n) is 1.23. The Morgan fingerprint density at radius 2 is 2.06 bits per heavy atom. The SMILES string of the molecule is CC[C@H](CO)NS(=O)(=O)c1ccc(Br)cc1Br. The first-order valence-corrected chi connectivity index (χ1v) is 8.06. The summed E-state index contributed by atoms with van der Waals surface area (Å²) in [5.74, 6) is 0. The third kappa shape index (κ3) is 4.03. The minimum Gasteiger partial charge on any atom is -0.395 e. The van der Waals surface area contributed by atoms with Gasteiger partial charge in [0.1, 0.15) is 0 Å². The molecule has 0 heterocycles. The molecule has 0 fully saturated rings. The Balaban J connectivity index is 3.05. The summed E-state index contributed by atoms with van der Waals surface area (Å²) in [7, 11) is -3.61. The predicted octanol–water partition coefficient (Wildman–Crippen LogP) is 2.26. The number of rotatable bonds is 5. The van der Waals surface area contributed by atoms with Crippen LogP contribution in [0.15, 0.2) is 32.0 Å². The molecule has 96 valence electrons. The third-order valence-corrected chi connectivity index (χ3v) is 5.21. The van der Waals surface area contributed by atoms with Crippen molar-refractivity contribution in [2.24, 2.45) is 0 Å². The van der Waals surface area contributed by atoms with Crippen LogP contribution in [-0.4, -0.2) is 26.2 Å². The average Bonchev–Trinajstić information content (AvgIpc) is 2.25. The highest BCUT2D eigenvalue weighted by Crippen LogP contribution is 2.25. The van der Waals surface area contributed by atoms with Crippen molar-refractivity contribution < 1.29 is 13.5 Å². The highest BCUT2D eigenvalue weighted by Gasteiger charge is 2.21. The topological polar surface area (TPSA) is 66.4 Å². The van der Waals surface area contributed by atoms with Crippen LogP contribution in [0, 0.1) is 0 Å². The Bertz CT molecular complexity index is 486. The van der Waals surface area contributed by atoms with E-state index in [1.807, 2.05) is 0 Å². The van der Waals surface area contributed by atoms with Crippen LogP contribution >= 0.6 is 31.9 Å². The molecule has 4 nitrogen and oxygen atoms in total. The number of benzene rings is 1. The van der Waals surface area contributed by atoms with Gasteiger partial charge in [-0.05, 0) is 40.5 Å². The summed E-state index contributed by atoms with van der Waals surface area (Å²) >= 11 is 6.46. The molecule has 0 aliphatic carbocycles. The van der Waals surface area contributed by atoms with E-state index in [1.54, 1.807) is 19.1 Å². The van der Waals surface area contributed by atoms with Gasteiger partial charge in [-0.2, -0.15) is 0 Å². The zero-order valence-electron chi connectivity index (χ0n) is 9.15. The van der Waals surface area contributed by atoms with Crippen LogP contribution in [-0.2, 0) is 10.0 Å². The van der Waals surface area contributed by atoms with Gasteiger partial charge in [0, 0.05) is 15.0 Å². The lowest BCUT2D eigenvalue weighted by Crippen LogP contribution is -2.37. The third-order valence-electron chi connectivity index (χ3n) is 2.22. The molecule has 1 aromatic carbocycles. The van der Waals surface area contributed by atoms with E-state index in [-0.39, 0.29) is 11.5 Å². The van der Waals surface area contributed by atoms with Gasteiger partial charge in [-0.15, -0.1) is 0 Å². The van der Waals surface area contributed by atoms with Crippen molar-refractivity contribution in [2.45, 2.75) is 24.3 Å². The fraction of sp³-hybridized carbons (Fsp3) is 0.400. The molecule has 1 atom stereocenters. The normalized spacial score (nSPS) is 13.6. The van der Waals surface area contributed by atoms with Gasteiger partial charge in [0.15, 0.2) is 0 Å². The fourth-order valence-corrected chi connectivity index (χ4v) is 4.28. The first-order chi connectivity index (χ1) is 7.90. The van der Waals surface area contributed by atoms with Gasteiger partial charge in [0.05, 0.1) is 11.5 Å². The predicted molar refractivity (Wildman–Crippen MR) is 73.3 cm³/mol. The van der Waals surface area contributed by atoms with Crippen LogP contribution in [0.4, 0.5) is 0 Å². The molecule has 0 aliphatic heterocycles. The zero-order valence-corrected chi connectivity index (χ0v) is 13.1. The number of halogens is 2. The summed E-state index contributed by atoms with van der Waals surface area (Å²) in [5.41, 5.74) is 0. The van der Waals surface area contributed by atoms with Gasteiger partial charge < -0.3 is 5.11 Å². The summed E-state index contributed by atoms with van der Waals surface area (Å²) in [5, 5.41) is 9.00. The number of nitrogens with one attached hydrogen (secondary N) is 1. The Labute approximate surface area is 118 Å². The van der Waals surface area contributed by atoms with Crippen LogP contribution in [0.25, 0.3) is 0 Å². The van der Waals surface area contributed by atoms with Crippen LogP contribution in [0.5, 0.6) is 0 Å². The lowest BCUT2D eigenvalue weighted by molar-refractivity contribution is 0.254. The number of aliphatic hydroxyl groups is 1. The molecule has 2 N–H and O–H groups in total. The Hall–Kier alpha value is 0.0500. The molecule has 0 saturated heterocycles. The zero-order chi connectivity index (χ0) is 13.1. The molecule has 17 heavy (non-hydrogen) atoms. The van der Waals surface area contributed by atoms with Gasteiger partial charge in [-0.1, -0.05) is 22.9 Å². The van der Waals surface area contributed by atoms with E-state index in [0.717, 1.165) is 4.47 Å². The second-order valence-electron chi connectivity index (χ2n) is 3.48. The van der Waals surface area contributed by atoms with Gasteiger partial charge in [-0.3, -0.25) is 0 Å². The van der Waals surface area contributed by atoms with E-state index in [4.69, 9.17) is 5.11 Å². The largest absolute Gasteiger partial charge is 0.395 e. The van der Waals surface area contributed by atoms with Gasteiger partial charge >= 0.3 is 0 Å². The van der Waals surface area contributed by atoms with Crippen molar-refractivity contribution >= 4 is 41.9 Å². The highest BCUT2D eigenvalue weighted by molar-refractivity contribution is 9.11.